The van der Waals surface area contributed by atoms with E-state index in [4.69, 9.17) is 39.0 Å². The van der Waals surface area contributed by atoms with Crippen molar-refractivity contribution in [2.75, 3.05) is 122 Å². The van der Waals surface area contributed by atoms with Crippen LogP contribution in [0, 0.1) is 0 Å². The molecule has 3 saturated carbocycles. The molecule has 15 rings (SSSR count). The predicted molar refractivity (Wildman–Crippen MR) is 417 cm³/mol. The van der Waals surface area contributed by atoms with Crippen LogP contribution in [0.3, 0.4) is 0 Å². The van der Waals surface area contributed by atoms with Crippen LogP contribution in [-0.2, 0) is 14.2 Å². The van der Waals surface area contributed by atoms with E-state index in [9.17, 15) is 15.3 Å². The van der Waals surface area contributed by atoms with Crippen LogP contribution in [0.2, 0.25) is 0 Å². The van der Waals surface area contributed by atoms with Crippen LogP contribution in [0.15, 0.2) is 104 Å². The van der Waals surface area contributed by atoms with Gasteiger partial charge in [0.2, 0.25) is 29.6 Å². The highest BCUT2D eigenvalue weighted by molar-refractivity contribution is 5.84. The first-order valence-corrected chi connectivity index (χ1v) is 38.7. The van der Waals surface area contributed by atoms with Crippen molar-refractivity contribution in [3.63, 3.8) is 0 Å². The summed E-state index contributed by atoms with van der Waals surface area (Å²) < 4.78 is 34.4. The Hall–Kier alpha value is -8.67. The molecule has 9 aromatic heterocycles. The van der Waals surface area contributed by atoms with E-state index in [-0.39, 0.29) is 48.6 Å². The molecule has 6 fully saturated rings. The van der Waals surface area contributed by atoms with Crippen molar-refractivity contribution < 1.29 is 39.0 Å². The summed E-state index contributed by atoms with van der Waals surface area (Å²) in [6.45, 7) is 18.6. The number of nitrogens with zero attached hydrogens (tertiary/aromatic N) is 15. The first-order valence-electron chi connectivity index (χ1n) is 38.7. The number of anilines is 4. The number of piperidine rings is 2. The summed E-state index contributed by atoms with van der Waals surface area (Å²) >= 11 is 0. The Labute approximate surface area is 628 Å². The molecule has 3 aliphatic heterocycles. The SMILES string of the molecule is C=C1CN(c2cc(-c3cc(C4CCC(O)CC4)n4nc(N[C@@H](C)COC)ncc34)ccn2)CCN1.COC[C@H](C)Nc1ncc2c(-c3ccnc(OC4CCCN(C)C4)c3)cc(C3CCC(O)CC3)n2n1.COC[C@H](C)Nc1ncc2c(-c3ccnc(OC4CCN(C)CC4)c3)cc(C3CCC(O)CC3)n2n1. The predicted octanol–water partition coefficient (Wildman–Crippen LogP) is 10.6. The minimum atomic E-state index is -0.201. The molecular formula is C80H111N19O8. The van der Waals surface area contributed by atoms with Gasteiger partial charge in [0.15, 0.2) is 0 Å². The van der Waals surface area contributed by atoms with Gasteiger partial charge < -0.3 is 75.0 Å². The van der Waals surface area contributed by atoms with E-state index in [1.807, 2.05) is 95.8 Å². The van der Waals surface area contributed by atoms with Crippen molar-refractivity contribution in [3.05, 3.63) is 121 Å². The zero-order valence-electron chi connectivity index (χ0n) is 63.7. The molecule has 3 aliphatic carbocycles. The van der Waals surface area contributed by atoms with Gasteiger partial charge in [-0.15, -0.1) is 15.3 Å². The van der Waals surface area contributed by atoms with Crippen LogP contribution in [0.5, 0.6) is 11.8 Å². The Kier molecular flexibility index (Phi) is 25.8. The summed E-state index contributed by atoms with van der Waals surface area (Å²) in [5.74, 6) is 5.01. The summed E-state index contributed by atoms with van der Waals surface area (Å²) in [5.41, 5.74) is 13.8. The van der Waals surface area contributed by atoms with Crippen LogP contribution < -0.4 is 35.6 Å². The van der Waals surface area contributed by atoms with Gasteiger partial charge in [0.1, 0.15) is 18.0 Å². The average molecular weight is 1470 g/mol. The fourth-order valence-electron chi connectivity index (χ4n) is 16.1. The molecular weight excluding hydrogens is 1360 g/mol. The smallest absolute Gasteiger partial charge is 0.241 e. The lowest BCUT2D eigenvalue weighted by Crippen LogP contribution is -2.42. The number of pyridine rings is 3. The number of methoxy groups -OCH3 is 3. The van der Waals surface area contributed by atoms with Gasteiger partial charge in [0.05, 0.1) is 79.8 Å². The standard InChI is InChI=1S/2C27H38N6O3.C26H35N7O2/c1-18(17-35-3)30-27-29-16-25-23(15-24(33(25)31-27)19-4-6-21(34)7-5-19)20-8-11-28-26(14-20)36-22-9-12-32(2)13-10-22;1-18(17-35-3)30-27-29-15-25-23(14-24(33(25)31-27)19-6-8-21(34)9-7-19)20-10-11-28-26(13-20)36-22-5-4-12-32(2)16-22;1-17-15-32(11-10-27-17)25-12-20(8-9-28-25)22-13-23(19-4-6-21(34)7-5-19)33-24(22)14-29-26(31-33)30-18(2)16-35-3/h8,11,14-16,18-19,21-22,34H,4-7,9-10,12-13,17H2,1-3H3,(H,30,31);10-11,13-15,18-19,21-22,34H,4-9,12,16-17H2,1-3H3,(H,30,31);8-9,12-14,18-19,21,27,34H,1,4-7,10-11,15-16H2,2-3H3,(H,30,31)/t18-,19?,21?;18-,19?,21?,22?;18-,19?,21?/m000/s1. The number of rotatable bonds is 23. The Morgan fingerprint density at radius 1 is 0.477 bits per heavy atom. The van der Waals surface area contributed by atoms with Crippen LogP contribution in [0.1, 0.15) is 158 Å². The average Bonchev–Trinajstić information content (AvgIpc) is 1.63. The molecule has 6 aliphatic rings. The number of fused-ring (bicyclic) bond motifs is 3. The van der Waals surface area contributed by atoms with E-state index in [1.165, 1.54) is 5.69 Å². The van der Waals surface area contributed by atoms with Gasteiger partial charge in [0, 0.05) is 160 Å². The van der Waals surface area contributed by atoms with E-state index in [0.29, 0.717) is 67.2 Å². The first-order chi connectivity index (χ1) is 52.0. The van der Waals surface area contributed by atoms with E-state index in [2.05, 4.69) is 117 Å². The largest absolute Gasteiger partial charge is 0.474 e. The molecule has 12 heterocycles. The van der Waals surface area contributed by atoms with Gasteiger partial charge in [-0.25, -0.2) is 43.5 Å². The molecule has 0 radical (unpaired) electrons. The van der Waals surface area contributed by atoms with Crippen LogP contribution in [0.25, 0.3) is 49.9 Å². The lowest BCUT2D eigenvalue weighted by atomic mass is 9.85. The lowest BCUT2D eigenvalue weighted by molar-refractivity contribution is 0.100. The number of aliphatic hydroxyl groups is 3. The molecule has 27 heteroatoms. The summed E-state index contributed by atoms with van der Waals surface area (Å²) in [5, 5.41) is 58.2. The van der Waals surface area contributed by atoms with Crippen molar-refractivity contribution in [1.82, 2.24) is 73.9 Å². The Morgan fingerprint density at radius 3 is 1.28 bits per heavy atom. The third kappa shape index (κ3) is 19.4. The molecule has 0 spiro atoms. The maximum atomic E-state index is 10.1. The maximum absolute atomic E-state index is 10.1. The first kappa shape index (κ1) is 76.5. The summed E-state index contributed by atoms with van der Waals surface area (Å²) in [4.78, 5) is 34.4. The summed E-state index contributed by atoms with van der Waals surface area (Å²) in [7, 11) is 9.36. The number of aliphatic hydroxyl groups excluding tert-OH is 3. The molecule has 107 heavy (non-hydrogen) atoms. The minimum Gasteiger partial charge on any atom is -0.474 e. The maximum Gasteiger partial charge on any atom is 0.241 e. The second kappa shape index (κ2) is 36.0. The highest BCUT2D eigenvalue weighted by Crippen LogP contribution is 2.42. The second-order valence-electron chi connectivity index (χ2n) is 30.5. The van der Waals surface area contributed by atoms with Crippen molar-refractivity contribution in [2.45, 2.75) is 190 Å². The molecule has 7 N–H and O–H groups in total. The molecule has 9 aromatic rings. The van der Waals surface area contributed by atoms with Crippen LogP contribution >= 0.6 is 0 Å². The third-order valence-corrected chi connectivity index (χ3v) is 21.8. The highest BCUT2D eigenvalue weighted by Gasteiger charge is 2.31. The Balaban J connectivity index is 0.000000142. The monoisotopic (exact) mass is 1470 g/mol. The number of piperazine rings is 1. The third-order valence-electron chi connectivity index (χ3n) is 21.8. The lowest BCUT2D eigenvalue weighted by Gasteiger charge is -2.30. The topological polar surface area (TPSA) is 294 Å². The number of ether oxygens (including phenoxy) is 5. The molecule has 3 saturated heterocycles. The van der Waals surface area contributed by atoms with Gasteiger partial charge >= 0.3 is 0 Å². The van der Waals surface area contributed by atoms with E-state index in [1.54, 1.807) is 21.3 Å². The zero-order chi connectivity index (χ0) is 74.5. The molecule has 27 nitrogen and oxygen atoms in total. The fourth-order valence-corrected chi connectivity index (χ4v) is 16.1. The summed E-state index contributed by atoms with van der Waals surface area (Å²) in [6.07, 6.45) is 25.8. The van der Waals surface area contributed by atoms with Crippen molar-refractivity contribution >= 4 is 40.2 Å². The van der Waals surface area contributed by atoms with Gasteiger partial charge in [0.25, 0.3) is 0 Å². The molecule has 1 unspecified atom stereocenters. The van der Waals surface area contributed by atoms with Gasteiger partial charge in [-0.1, -0.05) is 6.58 Å². The van der Waals surface area contributed by atoms with Gasteiger partial charge in [-0.2, -0.15) is 0 Å². The number of likely N-dealkylation sites (N-methyl/N-ethyl adjacent to an activating group) is 1. The molecule has 4 atom stereocenters. The second-order valence-corrected chi connectivity index (χ2v) is 30.5. The normalized spacial score (nSPS) is 22.8. The quantitative estimate of drug-likeness (QED) is 0.0313. The van der Waals surface area contributed by atoms with E-state index < -0.39 is 0 Å². The molecule has 0 aromatic carbocycles. The van der Waals surface area contributed by atoms with E-state index in [0.717, 1.165) is 221 Å². The van der Waals surface area contributed by atoms with Crippen molar-refractivity contribution in [1.29, 1.82) is 0 Å². The van der Waals surface area contributed by atoms with Gasteiger partial charge in [-0.3, -0.25) is 0 Å². The van der Waals surface area contributed by atoms with E-state index >= 15 is 0 Å². The number of hydrogen-bond acceptors (Lipinski definition) is 24. The molecule has 574 valence electrons. The summed E-state index contributed by atoms with van der Waals surface area (Å²) in [6, 6.07) is 19.3. The van der Waals surface area contributed by atoms with Crippen molar-refractivity contribution in [3.8, 4) is 45.1 Å². The zero-order valence-corrected chi connectivity index (χ0v) is 63.7. The van der Waals surface area contributed by atoms with Crippen molar-refractivity contribution in [2.24, 2.45) is 0 Å². The Bertz CT molecular complexity index is 4370. The fraction of sp³-hybridized carbons (Fsp3) is 0.562. The Morgan fingerprint density at radius 2 is 0.879 bits per heavy atom. The number of aromatic nitrogens is 12. The highest BCUT2D eigenvalue weighted by atomic mass is 16.5. The van der Waals surface area contributed by atoms with Crippen LogP contribution in [0.4, 0.5) is 23.7 Å². The van der Waals surface area contributed by atoms with Gasteiger partial charge in [-0.05, 0) is 203 Å². The minimum absolute atomic E-state index is 0.0921. The molecule has 0 bridgehead atoms. The number of likely N-dealkylation sites (tertiary alicyclic amines) is 2. The number of nitrogens with one attached hydrogen (secondary N) is 4. The molecule has 0 amide bonds. The van der Waals surface area contributed by atoms with Crippen LogP contribution in [-0.4, -0.2) is 234 Å². The number of hydrogen-bond donors (Lipinski definition) is 7.